The molecule has 1 unspecified atom stereocenters. The van der Waals surface area contributed by atoms with Gasteiger partial charge in [0, 0.05) is 115 Å². The molecule has 0 aromatic heterocycles. The first kappa shape index (κ1) is 62.5. The number of thioether (sulfide) groups is 1. The van der Waals surface area contributed by atoms with Crippen LogP contribution < -0.4 is 20.3 Å². The number of benzene rings is 5. The van der Waals surface area contributed by atoms with Crippen LogP contribution in [-0.2, 0) is 36.0 Å². The van der Waals surface area contributed by atoms with E-state index in [0.29, 0.717) is 61.3 Å². The van der Waals surface area contributed by atoms with Gasteiger partial charge in [-0.25, -0.2) is 21.6 Å². The topological polar surface area (TPSA) is 206 Å². The number of anilines is 2. The van der Waals surface area contributed by atoms with E-state index in [2.05, 4.69) is 72.1 Å². The molecular formula is C62H65BrClF3N8O9S3. The number of nitrogens with zero attached hydrogens (tertiary/aromatic N) is 5. The molecule has 5 aromatic rings. The molecule has 6 aliphatic rings. The number of hydrogen-bond acceptors (Lipinski definition) is 15. The van der Waals surface area contributed by atoms with Crippen molar-refractivity contribution in [3.05, 3.63) is 152 Å². The fourth-order valence-corrected chi connectivity index (χ4v) is 16.7. The summed E-state index contributed by atoms with van der Waals surface area (Å²) in [5.74, 6) is -3.17. The Bertz CT molecular complexity index is 3800. The first-order chi connectivity index (χ1) is 41.3. The van der Waals surface area contributed by atoms with E-state index in [9.17, 15) is 54.0 Å². The molecule has 1 aliphatic carbocycles. The Labute approximate surface area is 521 Å². The number of carbonyl (C=O) groups excluding carboxylic acids is 5. The molecule has 0 spiro atoms. The highest BCUT2D eigenvalue weighted by Gasteiger charge is 2.50. The van der Waals surface area contributed by atoms with E-state index in [-0.39, 0.29) is 52.8 Å². The van der Waals surface area contributed by atoms with Gasteiger partial charge in [0.05, 0.1) is 21.7 Å². The van der Waals surface area contributed by atoms with E-state index >= 15 is 0 Å². The number of alkyl halides is 3. The summed E-state index contributed by atoms with van der Waals surface area (Å²) in [6.07, 6.45) is 4.28. The lowest BCUT2D eigenvalue weighted by Crippen LogP contribution is -2.54. The molecule has 3 N–H and O–H groups in total. The Hall–Kier alpha value is -6.12. The minimum absolute atomic E-state index is 0.00180. The predicted molar refractivity (Wildman–Crippen MR) is 330 cm³/mol. The molecule has 4 fully saturated rings. The largest absolute Gasteiger partial charge is 0.501 e. The smallest absolute Gasteiger partial charge is 0.380 e. The second-order valence-corrected chi connectivity index (χ2v) is 29.9. The summed E-state index contributed by atoms with van der Waals surface area (Å²) in [7, 11) is -11.1. The molecule has 0 saturated carbocycles. The first-order valence-corrected chi connectivity index (χ1v) is 34.0. The van der Waals surface area contributed by atoms with Gasteiger partial charge in [0.25, 0.3) is 37.6 Å². The van der Waals surface area contributed by atoms with E-state index in [0.717, 1.165) is 78.5 Å². The molecule has 17 nitrogen and oxygen atoms in total. The Morgan fingerprint density at radius 3 is 2.22 bits per heavy atom. The maximum Gasteiger partial charge on any atom is 0.501 e. The summed E-state index contributed by atoms with van der Waals surface area (Å²) in [5.41, 5.74) is -0.204. The standard InChI is InChI=1S/C62H65BrClF3N8O9S3/c1-61(2)22-20-49(39-8-12-42(64)13-9-39)41(32-61)34-71-24-26-72(27-25-71)44-14-10-40(11-15-44)57(77)70-87(83,84)48-16-17-52(54(31-48)86(81,82)62(65,66)67)68-43(37-85-47-6-4-3-5-7-47)21-23-73-35-46-30-45(73)36-74(46)33-38-28-50-56(51(63)29-38)60(80)75(59(50)79)53-18-19-55(76)69-58(53)78/h3-17,28-29,31,43,45-46,53,68H,18-27,30,32-37H2,1-2H3,(H,70,77)(H,69,76,78)/t43-,45+,46+,53?/m1/s1. The fraction of sp³-hybridized carbons (Fsp3) is 0.403. The third-order valence-corrected chi connectivity index (χ3v) is 22.4. The average molecular weight is 1330 g/mol. The van der Waals surface area contributed by atoms with E-state index in [1.54, 1.807) is 24.3 Å². The van der Waals surface area contributed by atoms with Gasteiger partial charge in [0.15, 0.2) is 0 Å². The number of halogens is 5. The van der Waals surface area contributed by atoms with Crippen LogP contribution in [0.1, 0.15) is 101 Å². The average Bonchev–Trinajstić information content (AvgIpc) is 1.79. The Kier molecular flexibility index (Phi) is 18.0. The molecule has 460 valence electrons. The van der Waals surface area contributed by atoms with Crippen molar-refractivity contribution in [2.75, 3.05) is 68.3 Å². The van der Waals surface area contributed by atoms with Crippen LogP contribution in [0.4, 0.5) is 24.5 Å². The molecular weight excluding hydrogens is 1270 g/mol. The predicted octanol–water partition coefficient (Wildman–Crippen LogP) is 9.62. The van der Waals surface area contributed by atoms with Crippen LogP contribution >= 0.6 is 39.3 Å². The molecule has 25 heteroatoms. The van der Waals surface area contributed by atoms with Gasteiger partial charge in [-0.1, -0.05) is 61.4 Å². The molecule has 5 aliphatic heterocycles. The van der Waals surface area contributed by atoms with Crippen molar-refractivity contribution in [2.45, 2.75) is 110 Å². The van der Waals surface area contributed by atoms with E-state index < -0.39 is 82.5 Å². The number of hydrogen-bond donors (Lipinski definition) is 3. The van der Waals surface area contributed by atoms with Crippen molar-refractivity contribution < 1.29 is 54.0 Å². The maximum absolute atomic E-state index is 14.6. The molecule has 5 amide bonds. The number of nitrogens with one attached hydrogen (secondary N) is 3. The van der Waals surface area contributed by atoms with Gasteiger partial charge in [-0.2, -0.15) is 13.2 Å². The van der Waals surface area contributed by atoms with E-state index in [1.807, 2.05) is 47.2 Å². The minimum atomic E-state index is -6.17. The van der Waals surface area contributed by atoms with Crippen molar-refractivity contribution in [1.82, 2.24) is 29.6 Å². The molecule has 4 saturated heterocycles. The number of amides is 5. The summed E-state index contributed by atoms with van der Waals surface area (Å²) >= 11 is 11.1. The number of sulfonamides is 1. The molecule has 2 bridgehead atoms. The Morgan fingerprint density at radius 1 is 0.839 bits per heavy atom. The quantitative estimate of drug-likeness (QED) is 0.0520. The summed E-state index contributed by atoms with van der Waals surface area (Å²) in [4.78, 5) is 74.0. The molecule has 4 atom stereocenters. The van der Waals surface area contributed by atoms with Crippen LogP contribution in [0.5, 0.6) is 0 Å². The number of sulfone groups is 1. The van der Waals surface area contributed by atoms with Gasteiger partial charge in [-0.3, -0.25) is 48.9 Å². The SMILES string of the molecule is CC1(C)CCC(c2ccc(Cl)cc2)=C(CN2CCN(c3ccc(C(=O)NS(=O)(=O)c4ccc(N[C@H](CCN5C[C@@H]6C[C@H]5CN6Cc5cc(Br)c6c(c5)C(=O)N(C5CCC(=O)NC5=O)C6=O)CSc5ccccc5)c(S(=O)(=O)C(F)(F)F)c4)cc3)CC2)C1. The molecule has 87 heavy (non-hydrogen) atoms. The fourth-order valence-electron chi connectivity index (χ4n) is 12.9. The maximum atomic E-state index is 14.6. The van der Waals surface area contributed by atoms with Crippen LogP contribution in [-0.4, -0.2) is 154 Å². The summed E-state index contributed by atoms with van der Waals surface area (Å²) in [6.45, 7) is 10.7. The van der Waals surface area contributed by atoms with E-state index in [4.69, 9.17) is 11.6 Å². The van der Waals surface area contributed by atoms with Gasteiger partial charge in [0.1, 0.15) is 10.9 Å². The zero-order valence-corrected chi connectivity index (χ0v) is 52.5. The van der Waals surface area contributed by atoms with Crippen molar-refractivity contribution >= 4 is 106 Å². The molecule has 11 rings (SSSR count). The van der Waals surface area contributed by atoms with Crippen LogP contribution in [0, 0.1) is 5.41 Å². The normalized spacial score (nSPS) is 21.6. The van der Waals surface area contributed by atoms with Crippen LogP contribution in [0.15, 0.2) is 134 Å². The molecule has 0 radical (unpaired) electrons. The number of imide groups is 2. The first-order valence-electron chi connectivity index (χ1n) is 28.8. The molecule has 5 heterocycles. The zero-order chi connectivity index (χ0) is 61.7. The second-order valence-electron chi connectivity index (χ2n) is 24.0. The van der Waals surface area contributed by atoms with Crippen molar-refractivity contribution in [1.29, 1.82) is 0 Å². The number of likely N-dealkylation sites (tertiary alicyclic amines) is 2. The van der Waals surface area contributed by atoms with Gasteiger partial charge in [-0.05, 0) is 155 Å². The summed E-state index contributed by atoms with van der Waals surface area (Å²) in [5, 5.41) is 5.96. The number of piperazine rings is 2. The highest BCUT2D eigenvalue weighted by molar-refractivity contribution is 9.10. The highest BCUT2D eigenvalue weighted by atomic mass is 79.9. The molecule has 5 aromatic carbocycles. The second kappa shape index (κ2) is 25.0. The summed E-state index contributed by atoms with van der Waals surface area (Å²) < 4.78 is 101. The summed E-state index contributed by atoms with van der Waals surface area (Å²) in [6, 6.07) is 27.9. The Morgan fingerprint density at radius 2 is 1.54 bits per heavy atom. The minimum Gasteiger partial charge on any atom is -0.380 e. The van der Waals surface area contributed by atoms with Crippen molar-refractivity contribution in [3.8, 4) is 0 Å². The van der Waals surface area contributed by atoms with Crippen LogP contribution in [0.25, 0.3) is 5.57 Å². The van der Waals surface area contributed by atoms with Gasteiger partial charge >= 0.3 is 5.51 Å². The highest BCUT2D eigenvalue weighted by Crippen LogP contribution is 2.44. The van der Waals surface area contributed by atoms with E-state index in [1.165, 1.54) is 40.6 Å². The van der Waals surface area contributed by atoms with Crippen molar-refractivity contribution in [2.24, 2.45) is 5.41 Å². The number of allylic oxidation sites excluding steroid dienone is 1. The lowest BCUT2D eigenvalue weighted by Gasteiger charge is -2.39. The third-order valence-electron chi connectivity index (χ3n) is 17.5. The van der Waals surface area contributed by atoms with Gasteiger partial charge in [-0.15, -0.1) is 11.8 Å². The number of fused-ring (bicyclic) bond motifs is 3. The van der Waals surface area contributed by atoms with Crippen LogP contribution in [0.3, 0.4) is 0 Å². The zero-order valence-electron chi connectivity index (χ0n) is 47.7. The third kappa shape index (κ3) is 13.6. The van der Waals surface area contributed by atoms with Crippen LogP contribution in [0.2, 0.25) is 5.02 Å². The lowest BCUT2D eigenvalue weighted by atomic mass is 9.73. The van der Waals surface area contributed by atoms with Crippen molar-refractivity contribution in [3.63, 3.8) is 0 Å². The lowest BCUT2D eigenvalue weighted by molar-refractivity contribution is -0.136. The number of piperidine rings is 1. The van der Waals surface area contributed by atoms with Gasteiger partial charge in [0.2, 0.25) is 11.8 Å². The number of rotatable bonds is 19. The Balaban J connectivity index is 0.734. The number of carbonyl (C=O) groups is 5. The monoisotopic (exact) mass is 1330 g/mol. The van der Waals surface area contributed by atoms with Gasteiger partial charge < -0.3 is 10.2 Å².